The first-order valence-corrected chi connectivity index (χ1v) is 6.24. The summed E-state index contributed by atoms with van der Waals surface area (Å²) in [7, 11) is 0. The molecule has 0 amide bonds. The number of nitrogens with one attached hydrogen (secondary N) is 2. The summed E-state index contributed by atoms with van der Waals surface area (Å²) >= 11 is 0. The smallest absolute Gasteiger partial charge is 0.0320 e. The molecule has 2 aliphatic rings. The molecule has 0 aromatic carbocycles. The van der Waals surface area contributed by atoms with E-state index in [1.165, 1.54) is 38.8 Å². The number of rotatable bonds is 3. The van der Waals surface area contributed by atoms with E-state index in [1.54, 1.807) is 0 Å². The molecule has 0 radical (unpaired) electrons. The van der Waals surface area contributed by atoms with Crippen molar-refractivity contribution in [3.8, 4) is 0 Å². The lowest BCUT2D eigenvalue weighted by Gasteiger charge is -2.40. The molecule has 1 aliphatic carbocycles. The van der Waals surface area contributed by atoms with E-state index in [0.29, 0.717) is 0 Å². The predicted octanol–water partition coefficient (Wildman–Crippen LogP) is 1.76. The van der Waals surface area contributed by atoms with Gasteiger partial charge in [-0.1, -0.05) is 26.7 Å². The Balaban J connectivity index is 1.85. The van der Waals surface area contributed by atoms with Crippen LogP contribution in [0.1, 0.15) is 39.5 Å². The molecule has 2 heteroatoms. The monoisotopic (exact) mass is 196 g/mol. The lowest BCUT2D eigenvalue weighted by Crippen LogP contribution is -2.60. The van der Waals surface area contributed by atoms with Gasteiger partial charge in [0.1, 0.15) is 0 Å². The second kappa shape index (κ2) is 4.63. The van der Waals surface area contributed by atoms with Crippen LogP contribution >= 0.6 is 0 Å². The van der Waals surface area contributed by atoms with Gasteiger partial charge in [-0.15, -0.1) is 0 Å². The van der Waals surface area contributed by atoms with Crippen molar-refractivity contribution in [1.29, 1.82) is 0 Å². The van der Waals surface area contributed by atoms with Crippen molar-refractivity contribution in [1.82, 2.24) is 10.6 Å². The van der Waals surface area contributed by atoms with Crippen molar-refractivity contribution in [2.75, 3.05) is 13.1 Å². The van der Waals surface area contributed by atoms with Crippen LogP contribution in [0.2, 0.25) is 0 Å². The molecule has 0 aromatic rings. The topological polar surface area (TPSA) is 24.1 Å². The van der Waals surface area contributed by atoms with Gasteiger partial charge in [-0.2, -0.15) is 0 Å². The molecule has 2 atom stereocenters. The summed E-state index contributed by atoms with van der Waals surface area (Å²) in [6.45, 7) is 7.12. The van der Waals surface area contributed by atoms with Crippen molar-refractivity contribution < 1.29 is 0 Å². The summed E-state index contributed by atoms with van der Waals surface area (Å²) in [6.07, 6.45) is 5.72. The quantitative estimate of drug-likeness (QED) is 0.719. The predicted molar refractivity (Wildman–Crippen MR) is 60.4 cm³/mol. The standard InChI is InChI=1S/C12H24N2/c1-9(2)11-5-3-4-6-12(11)14-10-7-13-8-10/h9-14H,3-8H2,1-2H3. The Hall–Kier alpha value is -0.0800. The Morgan fingerprint density at radius 2 is 1.86 bits per heavy atom. The first-order valence-electron chi connectivity index (χ1n) is 6.24. The normalized spacial score (nSPS) is 34.5. The van der Waals surface area contributed by atoms with Crippen molar-refractivity contribution in [2.45, 2.75) is 51.6 Å². The first-order chi connectivity index (χ1) is 6.77. The highest BCUT2D eigenvalue weighted by Crippen LogP contribution is 2.30. The van der Waals surface area contributed by atoms with Crippen molar-refractivity contribution in [3.63, 3.8) is 0 Å². The van der Waals surface area contributed by atoms with Crippen LogP contribution < -0.4 is 10.6 Å². The van der Waals surface area contributed by atoms with Gasteiger partial charge in [-0.3, -0.25) is 0 Å². The van der Waals surface area contributed by atoms with E-state index in [2.05, 4.69) is 24.5 Å². The molecule has 1 aliphatic heterocycles. The van der Waals surface area contributed by atoms with E-state index >= 15 is 0 Å². The average molecular weight is 196 g/mol. The third-order valence-electron chi connectivity index (χ3n) is 3.91. The Morgan fingerprint density at radius 1 is 1.14 bits per heavy atom. The molecule has 82 valence electrons. The molecule has 0 spiro atoms. The van der Waals surface area contributed by atoms with E-state index in [4.69, 9.17) is 0 Å². The van der Waals surface area contributed by atoms with Crippen LogP contribution in [0.15, 0.2) is 0 Å². The minimum Gasteiger partial charge on any atom is -0.314 e. The van der Waals surface area contributed by atoms with E-state index in [9.17, 15) is 0 Å². The SMILES string of the molecule is CC(C)C1CCCCC1NC1CNC1. The summed E-state index contributed by atoms with van der Waals surface area (Å²) in [6, 6.07) is 1.56. The number of hydrogen-bond donors (Lipinski definition) is 2. The molecule has 2 fully saturated rings. The summed E-state index contributed by atoms with van der Waals surface area (Å²) < 4.78 is 0. The summed E-state index contributed by atoms with van der Waals surface area (Å²) in [5.41, 5.74) is 0. The minimum atomic E-state index is 0.763. The molecule has 2 rings (SSSR count). The second-order valence-electron chi connectivity index (χ2n) is 5.32. The van der Waals surface area contributed by atoms with Crippen molar-refractivity contribution in [3.05, 3.63) is 0 Å². The molecule has 1 heterocycles. The van der Waals surface area contributed by atoms with Gasteiger partial charge in [0.05, 0.1) is 0 Å². The van der Waals surface area contributed by atoms with Crippen LogP contribution in [0.4, 0.5) is 0 Å². The lowest BCUT2D eigenvalue weighted by molar-refractivity contribution is 0.177. The van der Waals surface area contributed by atoms with Gasteiger partial charge in [0, 0.05) is 25.2 Å². The molecule has 0 aromatic heterocycles. The van der Waals surface area contributed by atoms with Crippen molar-refractivity contribution in [2.24, 2.45) is 11.8 Å². The fourth-order valence-corrected chi connectivity index (χ4v) is 2.87. The summed E-state index contributed by atoms with van der Waals surface area (Å²) in [5, 5.41) is 7.16. The molecule has 2 nitrogen and oxygen atoms in total. The molecule has 2 N–H and O–H groups in total. The fourth-order valence-electron chi connectivity index (χ4n) is 2.87. The van der Waals surface area contributed by atoms with Gasteiger partial charge in [-0.05, 0) is 24.7 Å². The Labute approximate surface area is 87.8 Å². The maximum absolute atomic E-state index is 3.82. The van der Waals surface area contributed by atoms with E-state index in [0.717, 1.165) is 23.9 Å². The van der Waals surface area contributed by atoms with Crippen molar-refractivity contribution >= 4 is 0 Å². The van der Waals surface area contributed by atoms with E-state index in [-0.39, 0.29) is 0 Å². The number of hydrogen-bond acceptors (Lipinski definition) is 2. The van der Waals surface area contributed by atoms with Crippen LogP contribution in [0.25, 0.3) is 0 Å². The van der Waals surface area contributed by atoms with Crippen LogP contribution in [-0.4, -0.2) is 25.2 Å². The summed E-state index contributed by atoms with van der Waals surface area (Å²) in [4.78, 5) is 0. The van der Waals surface area contributed by atoms with Gasteiger partial charge in [0.15, 0.2) is 0 Å². The average Bonchev–Trinajstić information content (AvgIpc) is 2.12. The molecular formula is C12H24N2. The van der Waals surface area contributed by atoms with Crippen LogP contribution in [-0.2, 0) is 0 Å². The Bertz CT molecular complexity index is 175. The molecule has 2 unspecified atom stereocenters. The highest BCUT2D eigenvalue weighted by atomic mass is 15.1. The molecular weight excluding hydrogens is 172 g/mol. The highest BCUT2D eigenvalue weighted by molar-refractivity contribution is 4.90. The highest BCUT2D eigenvalue weighted by Gasteiger charge is 2.30. The van der Waals surface area contributed by atoms with Crippen LogP contribution in [0, 0.1) is 11.8 Å². The van der Waals surface area contributed by atoms with Gasteiger partial charge in [-0.25, -0.2) is 0 Å². The van der Waals surface area contributed by atoms with Crippen LogP contribution in [0.5, 0.6) is 0 Å². The fraction of sp³-hybridized carbons (Fsp3) is 1.00. The van der Waals surface area contributed by atoms with E-state index in [1.807, 2.05) is 0 Å². The molecule has 1 saturated heterocycles. The summed E-state index contributed by atoms with van der Waals surface area (Å²) in [5.74, 6) is 1.77. The van der Waals surface area contributed by atoms with Gasteiger partial charge >= 0.3 is 0 Å². The zero-order valence-electron chi connectivity index (χ0n) is 9.55. The molecule has 14 heavy (non-hydrogen) atoms. The van der Waals surface area contributed by atoms with Crippen LogP contribution in [0.3, 0.4) is 0 Å². The second-order valence-corrected chi connectivity index (χ2v) is 5.32. The van der Waals surface area contributed by atoms with Gasteiger partial charge in [0.25, 0.3) is 0 Å². The zero-order chi connectivity index (χ0) is 9.97. The lowest BCUT2D eigenvalue weighted by atomic mass is 9.77. The largest absolute Gasteiger partial charge is 0.314 e. The van der Waals surface area contributed by atoms with Gasteiger partial charge < -0.3 is 10.6 Å². The minimum absolute atomic E-state index is 0.763. The third-order valence-corrected chi connectivity index (χ3v) is 3.91. The van der Waals surface area contributed by atoms with Gasteiger partial charge in [0.2, 0.25) is 0 Å². The Kier molecular flexibility index (Phi) is 3.45. The van der Waals surface area contributed by atoms with E-state index < -0.39 is 0 Å². The Morgan fingerprint density at radius 3 is 2.43 bits per heavy atom. The maximum atomic E-state index is 3.82. The third kappa shape index (κ3) is 2.29. The first kappa shape index (κ1) is 10.4. The molecule has 0 bridgehead atoms. The maximum Gasteiger partial charge on any atom is 0.0320 e. The molecule has 1 saturated carbocycles. The zero-order valence-corrected chi connectivity index (χ0v) is 9.55.